The first-order valence-corrected chi connectivity index (χ1v) is 8.92. The molecule has 0 bridgehead atoms. The van der Waals surface area contributed by atoms with Gasteiger partial charge in [-0.25, -0.2) is 9.37 Å². The van der Waals surface area contributed by atoms with Crippen LogP contribution in [0.25, 0.3) is 21.3 Å². The van der Waals surface area contributed by atoms with Gasteiger partial charge in [0.05, 0.1) is 29.3 Å². The Kier molecular flexibility index (Phi) is 5.74. The molecule has 2 N–H and O–H groups in total. The Morgan fingerprint density at radius 1 is 1.07 bits per heavy atom. The van der Waals surface area contributed by atoms with Gasteiger partial charge >= 0.3 is 0 Å². The summed E-state index contributed by atoms with van der Waals surface area (Å²) >= 11 is 1.40. The second kappa shape index (κ2) is 8.38. The van der Waals surface area contributed by atoms with Crippen molar-refractivity contribution in [2.75, 3.05) is 13.1 Å². The molecular formula is C19H15FN4O2S. The van der Waals surface area contributed by atoms with Crippen molar-refractivity contribution in [3.05, 3.63) is 53.3 Å². The molecule has 2 amide bonds. The number of thiazole rings is 1. The van der Waals surface area contributed by atoms with Crippen LogP contribution in [-0.2, 0) is 16.0 Å². The number of hydrogen-bond acceptors (Lipinski definition) is 5. The number of nitrogens with one attached hydrogen (secondary N) is 2. The molecule has 0 aliphatic carbocycles. The Hall–Kier alpha value is -3.31. The van der Waals surface area contributed by atoms with E-state index in [1.807, 2.05) is 18.2 Å². The van der Waals surface area contributed by atoms with Crippen LogP contribution in [0.3, 0.4) is 0 Å². The minimum atomic E-state index is -0.418. The van der Waals surface area contributed by atoms with E-state index in [0.29, 0.717) is 5.01 Å². The van der Waals surface area contributed by atoms with Crippen LogP contribution in [0.1, 0.15) is 5.01 Å². The monoisotopic (exact) mass is 382 g/mol. The van der Waals surface area contributed by atoms with E-state index in [2.05, 4.69) is 15.6 Å². The number of aromatic nitrogens is 1. The molecule has 0 atom stereocenters. The maximum Gasteiger partial charge on any atom is 0.240 e. The summed E-state index contributed by atoms with van der Waals surface area (Å²) in [5.41, 5.74) is 2.56. The average Bonchev–Trinajstić information content (AvgIpc) is 3.06. The van der Waals surface area contributed by atoms with E-state index < -0.39 is 5.91 Å². The molecule has 0 fully saturated rings. The quantitative estimate of drug-likeness (QED) is 0.640. The molecule has 6 nitrogen and oxygen atoms in total. The molecule has 0 saturated carbocycles. The lowest BCUT2D eigenvalue weighted by Gasteiger charge is -2.03. The summed E-state index contributed by atoms with van der Waals surface area (Å²) in [5.74, 6) is -1.03. The number of carbonyl (C=O) groups is 2. The van der Waals surface area contributed by atoms with Crippen LogP contribution in [-0.4, -0.2) is 29.9 Å². The third-order valence-electron chi connectivity index (χ3n) is 3.73. The average molecular weight is 382 g/mol. The van der Waals surface area contributed by atoms with Crippen molar-refractivity contribution in [3.8, 4) is 17.2 Å². The van der Waals surface area contributed by atoms with Gasteiger partial charge in [-0.2, -0.15) is 5.26 Å². The number of benzene rings is 2. The molecule has 0 spiro atoms. The molecule has 0 unspecified atom stereocenters. The molecule has 0 radical (unpaired) electrons. The van der Waals surface area contributed by atoms with Crippen molar-refractivity contribution in [1.82, 2.24) is 15.6 Å². The Morgan fingerprint density at radius 3 is 2.56 bits per heavy atom. The highest BCUT2D eigenvalue weighted by molar-refractivity contribution is 7.18. The van der Waals surface area contributed by atoms with Gasteiger partial charge in [-0.15, -0.1) is 11.3 Å². The maximum atomic E-state index is 13.1. The van der Waals surface area contributed by atoms with Crippen LogP contribution in [0.5, 0.6) is 0 Å². The van der Waals surface area contributed by atoms with Gasteiger partial charge in [-0.1, -0.05) is 18.2 Å². The zero-order valence-corrected chi connectivity index (χ0v) is 15.0. The highest BCUT2D eigenvalue weighted by Crippen LogP contribution is 2.28. The predicted octanol–water partition coefficient (Wildman–Crippen LogP) is 2.40. The fraction of sp³-hybridized carbons (Fsp3) is 0.158. The van der Waals surface area contributed by atoms with E-state index >= 15 is 0 Å². The molecule has 0 saturated heterocycles. The first-order valence-electron chi connectivity index (χ1n) is 8.11. The highest BCUT2D eigenvalue weighted by Gasteiger charge is 2.11. The lowest BCUT2D eigenvalue weighted by atomic mass is 10.1. The van der Waals surface area contributed by atoms with Gasteiger partial charge in [0.1, 0.15) is 17.4 Å². The van der Waals surface area contributed by atoms with Crippen molar-refractivity contribution in [3.63, 3.8) is 0 Å². The summed E-state index contributed by atoms with van der Waals surface area (Å²) < 4.78 is 14.0. The van der Waals surface area contributed by atoms with Crippen LogP contribution in [0.4, 0.5) is 4.39 Å². The molecule has 136 valence electrons. The van der Waals surface area contributed by atoms with E-state index in [4.69, 9.17) is 5.26 Å². The summed E-state index contributed by atoms with van der Waals surface area (Å²) in [7, 11) is 0. The van der Waals surface area contributed by atoms with Crippen molar-refractivity contribution in [2.24, 2.45) is 0 Å². The molecule has 8 heteroatoms. The van der Waals surface area contributed by atoms with E-state index in [9.17, 15) is 14.0 Å². The molecule has 27 heavy (non-hydrogen) atoms. The third kappa shape index (κ3) is 4.86. The van der Waals surface area contributed by atoms with E-state index in [1.54, 1.807) is 18.2 Å². The zero-order chi connectivity index (χ0) is 19.2. The molecule has 2 aromatic carbocycles. The van der Waals surface area contributed by atoms with Crippen LogP contribution in [0.15, 0.2) is 42.5 Å². The summed E-state index contributed by atoms with van der Waals surface area (Å²) in [6.45, 7) is -0.275. The number of fused-ring (bicyclic) bond motifs is 1. The summed E-state index contributed by atoms with van der Waals surface area (Å²) in [4.78, 5) is 27.8. The van der Waals surface area contributed by atoms with E-state index in [1.165, 1.54) is 23.5 Å². The molecule has 1 aromatic heterocycles. The number of nitriles is 1. The van der Waals surface area contributed by atoms with Crippen LogP contribution >= 0.6 is 11.3 Å². The van der Waals surface area contributed by atoms with Gasteiger partial charge in [0, 0.05) is 0 Å². The molecule has 3 rings (SSSR count). The Labute approximate surface area is 158 Å². The SMILES string of the molecule is N#CCNC(=O)CNC(=O)Cc1nc2cc(-c3ccc(F)cc3)ccc2s1. The van der Waals surface area contributed by atoms with Gasteiger partial charge in [-0.05, 0) is 35.4 Å². The summed E-state index contributed by atoms with van der Waals surface area (Å²) in [6.07, 6.45) is 0.0662. The van der Waals surface area contributed by atoms with Crippen molar-refractivity contribution in [1.29, 1.82) is 5.26 Å². The third-order valence-corrected chi connectivity index (χ3v) is 4.77. The van der Waals surface area contributed by atoms with Gasteiger partial charge in [0.2, 0.25) is 11.8 Å². The van der Waals surface area contributed by atoms with Crippen molar-refractivity contribution in [2.45, 2.75) is 6.42 Å². The smallest absolute Gasteiger partial charge is 0.240 e. The maximum absolute atomic E-state index is 13.1. The lowest BCUT2D eigenvalue weighted by molar-refractivity contribution is -0.125. The topological polar surface area (TPSA) is 94.9 Å². The molecule has 3 aromatic rings. The predicted molar refractivity (Wildman–Crippen MR) is 100 cm³/mol. The summed E-state index contributed by atoms with van der Waals surface area (Å²) in [6, 6.07) is 13.8. The number of hydrogen-bond donors (Lipinski definition) is 2. The minimum absolute atomic E-state index is 0.0662. The molecule has 0 aliphatic rings. The molecule has 0 aliphatic heterocycles. The Bertz CT molecular complexity index is 1020. The van der Waals surface area contributed by atoms with E-state index in [-0.39, 0.29) is 31.2 Å². The lowest BCUT2D eigenvalue weighted by Crippen LogP contribution is -2.37. The van der Waals surface area contributed by atoms with Gasteiger partial charge in [0.25, 0.3) is 0 Å². The second-order valence-electron chi connectivity index (χ2n) is 5.69. The number of nitrogens with zero attached hydrogens (tertiary/aromatic N) is 2. The minimum Gasteiger partial charge on any atom is -0.347 e. The first kappa shape index (κ1) is 18.5. The van der Waals surface area contributed by atoms with Crippen LogP contribution in [0, 0.1) is 17.1 Å². The zero-order valence-electron chi connectivity index (χ0n) is 14.2. The van der Waals surface area contributed by atoms with Gasteiger partial charge in [0.15, 0.2) is 0 Å². The Morgan fingerprint density at radius 2 is 1.81 bits per heavy atom. The van der Waals surface area contributed by atoms with E-state index in [0.717, 1.165) is 21.3 Å². The first-order chi connectivity index (χ1) is 13.0. The fourth-order valence-corrected chi connectivity index (χ4v) is 3.40. The number of amides is 2. The normalized spacial score (nSPS) is 10.4. The standard InChI is InChI=1S/C19H15FN4O2S/c20-14-4-1-12(2-5-14)13-3-6-16-15(9-13)24-19(27-16)10-17(25)23-11-18(26)22-8-7-21/h1-6,9H,8,10-11H2,(H,22,26)(H,23,25). The van der Waals surface area contributed by atoms with Gasteiger partial charge < -0.3 is 10.6 Å². The van der Waals surface area contributed by atoms with Gasteiger partial charge in [-0.3, -0.25) is 9.59 Å². The molecule has 1 heterocycles. The Balaban J connectivity index is 1.66. The van der Waals surface area contributed by atoms with Crippen molar-refractivity contribution >= 4 is 33.4 Å². The number of halogens is 1. The highest BCUT2D eigenvalue weighted by atomic mass is 32.1. The van der Waals surface area contributed by atoms with Crippen LogP contribution in [0.2, 0.25) is 0 Å². The molecular weight excluding hydrogens is 367 g/mol. The fourth-order valence-electron chi connectivity index (χ4n) is 2.45. The second-order valence-corrected chi connectivity index (χ2v) is 6.80. The van der Waals surface area contributed by atoms with Crippen LogP contribution < -0.4 is 10.6 Å². The number of carbonyl (C=O) groups excluding carboxylic acids is 2. The summed E-state index contributed by atoms with van der Waals surface area (Å²) in [5, 5.41) is 13.9. The number of rotatable bonds is 6. The van der Waals surface area contributed by atoms with Crippen molar-refractivity contribution < 1.29 is 14.0 Å². The largest absolute Gasteiger partial charge is 0.347 e.